The summed E-state index contributed by atoms with van der Waals surface area (Å²) in [5.41, 5.74) is 7.59. The summed E-state index contributed by atoms with van der Waals surface area (Å²) in [6.07, 6.45) is 0.525. The second-order valence-corrected chi connectivity index (χ2v) is 2.96. The van der Waals surface area contributed by atoms with Gasteiger partial charge in [0.05, 0.1) is 6.10 Å². The maximum absolute atomic E-state index is 9.22. The van der Waals surface area contributed by atoms with E-state index >= 15 is 0 Å². The molecule has 3 N–H and O–H groups in total. The van der Waals surface area contributed by atoms with Gasteiger partial charge in [-0.15, -0.1) is 0 Å². The van der Waals surface area contributed by atoms with Crippen molar-refractivity contribution in [2.45, 2.75) is 19.4 Å². The van der Waals surface area contributed by atoms with Crippen molar-refractivity contribution in [2.24, 2.45) is 5.73 Å². The van der Waals surface area contributed by atoms with E-state index in [4.69, 9.17) is 5.73 Å². The SMILES string of the molecule is CC(O)c1ccc(CCN)cc1. The van der Waals surface area contributed by atoms with Crippen LogP contribution in [0.25, 0.3) is 0 Å². The zero-order valence-electron chi connectivity index (χ0n) is 7.33. The first-order valence-corrected chi connectivity index (χ1v) is 4.21. The van der Waals surface area contributed by atoms with Crippen molar-refractivity contribution in [1.29, 1.82) is 0 Å². The topological polar surface area (TPSA) is 46.2 Å². The Morgan fingerprint density at radius 3 is 2.33 bits per heavy atom. The monoisotopic (exact) mass is 165 g/mol. The molecule has 0 radical (unpaired) electrons. The second-order valence-electron chi connectivity index (χ2n) is 2.96. The predicted octanol–water partition coefficient (Wildman–Crippen LogP) is 1.24. The van der Waals surface area contributed by atoms with E-state index in [1.54, 1.807) is 6.92 Å². The molecule has 0 fully saturated rings. The fourth-order valence-corrected chi connectivity index (χ4v) is 1.13. The average Bonchev–Trinajstić information content (AvgIpc) is 2.06. The van der Waals surface area contributed by atoms with E-state index in [0.717, 1.165) is 12.0 Å². The number of benzene rings is 1. The number of aliphatic hydroxyl groups excluding tert-OH is 1. The van der Waals surface area contributed by atoms with Crippen LogP contribution in [0.5, 0.6) is 0 Å². The van der Waals surface area contributed by atoms with Gasteiger partial charge >= 0.3 is 0 Å². The van der Waals surface area contributed by atoms with Gasteiger partial charge in [-0.3, -0.25) is 0 Å². The van der Waals surface area contributed by atoms with Crippen LogP contribution in [0.15, 0.2) is 24.3 Å². The van der Waals surface area contributed by atoms with Crippen LogP contribution >= 0.6 is 0 Å². The molecule has 0 aromatic heterocycles. The minimum Gasteiger partial charge on any atom is -0.389 e. The Morgan fingerprint density at radius 2 is 1.92 bits per heavy atom. The van der Waals surface area contributed by atoms with Crippen molar-refractivity contribution in [3.05, 3.63) is 35.4 Å². The Kier molecular flexibility index (Phi) is 3.26. The molecular weight excluding hydrogens is 150 g/mol. The lowest BCUT2D eigenvalue weighted by atomic mass is 10.1. The van der Waals surface area contributed by atoms with Crippen LogP contribution in [0.1, 0.15) is 24.2 Å². The molecule has 0 saturated heterocycles. The van der Waals surface area contributed by atoms with Crippen LogP contribution in [0.2, 0.25) is 0 Å². The number of aliphatic hydroxyl groups is 1. The number of hydrogen-bond donors (Lipinski definition) is 2. The molecule has 0 bridgehead atoms. The summed E-state index contributed by atoms with van der Waals surface area (Å²) in [7, 11) is 0. The molecule has 1 unspecified atom stereocenters. The van der Waals surface area contributed by atoms with Gasteiger partial charge in [-0.25, -0.2) is 0 Å². The molecule has 0 aliphatic heterocycles. The highest BCUT2D eigenvalue weighted by Crippen LogP contribution is 2.12. The standard InChI is InChI=1S/C10H15NO/c1-8(12)10-4-2-9(3-5-10)6-7-11/h2-5,8,12H,6-7,11H2,1H3. The van der Waals surface area contributed by atoms with Gasteiger partial charge in [-0.1, -0.05) is 24.3 Å². The predicted molar refractivity (Wildman–Crippen MR) is 49.8 cm³/mol. The van der Waals surface area contributed by atoms with E-state index in [-0.39, 0.29) is 6.10 Å². The Bertz CT molecular complexity index is 228. The van der Waals surface area contributed by atoms with Crippen LogP contribution in [-0.2, 0) is 6.42 Å². The average molecular weight is 165 g/mol. The highest BCUT2D eigenvalue weighted by molar-refractivity contribution is 5.23. The summed E-state index contributed by atoms with van der Waals surface area (Å²) >= 11 is 0. The van der Waals surface area contributed by atoms with Crippen LogP contribution in [0.3, 0.4) is 0 Å². The first-order valence-electron chi connectivity index (χ1n) is 4.21. The van der Waals surface area contributed by atoms with E-state index in [9.17, 15) is 5.11 Å². The molecule has 1 aromatic carbocycles. The van der Waals surface area contributed by atoms with E-state index in [0.29, 0.717) is 6.54 Å². The quantitative estimate of drug-likeness (QED) is 0.708. The molecule has 0 aliphatic carbocycles. The molecule has 12 heavy (non-hydrogen) atoms. The van der Waals surface area contributed by atoms with Gasteiger partial charge in [0.1, 0.15) is 0 Å². The first kappa shape index (κ1) is 9.23. The van der Waals surface area contributed by atoms with Gasteiger partial charge in [0.2, 0.25) is 0 Å². The lowest BCUT2D eigenvalue weighted by Gasteiger charge is -2.05. The van der Waals surface area contributed by atoms with E-state index in [1.807, 2.05) is 24.3 Å². The summed E-state index contributed by atoms with van der Waals surface area (Å²) in [4.78, 5) is 0. The van der Waals surface area contributed by atoms with E-state index < -0.39 is 0 Å². The summed E-state index contributed by atoms with van der Waals surface area (Å²) in [5, 5.41) is 9.22. The number of hydrogen-bond acceptors (Lipinski definition) is 2. The Hall–Kier alpha value is -0.860. The zero-order chi connectivity index (χ0) is 8.97. The molecule has 1 aromatic rings. The number of rotatable bonds is 3. The van der Waals surface area contributed by atoms with Crippen molar-refractivity contribution in [1.82, 2.24) is 0 Å². The maximum atomic E-state index is 9.22. The van der Waals surface area contributed by atoms with Crippen molar-refractivity contribution in [2.75, 3.05) is 6.54 Å². The smallest absolute Gasteiger partial charge is 0.0761 e. The van der Waals surface area contributed by atoms with E-state index in [2.05, 4.69) is 0 Å². The Balaban J connectivity index is 2.71. The molecule has 66 valence electrons. The van der Waals surface area contributed by atoms with Crippen molar-refractivity contribution >= 4 is 0 Å². The lowest BCUT2D eigenvalue weighted by molar-refractivity contribution is 0.199. The van der Waals surface area contributed by atoms with Crippen LogP contribution in [0.4, 0.5) is 0 Å². The van der Waals surface area contributed by atoms with Crippen molar-refractivity contribution < 1.29 is 5.11 Å². The van der Waals surface area contributed by atoms with Crippen molar-refractivity contribution in [3.8, 4) is 0 Å². The third-order valence-corrected chi connectivity index (χ3v) is 1.90. The van der Waals surface area contributed by atoms with Gasteiger partial charge < -0.3 is 10.8 Å². The normalized spacial score (nSPS) is 12.9. The molecule has 0 amide bonds. The fraction of sp³-hybridized carbons (Fsp3) is 0.400. The Labute approximate surface area is 73.0 Å². The highest BCUT2D eigenvalue weighted by atomic mass is 16.3. The van der Waals surface area contributed by atoms with E-state index in [1.165, 1.54) is 5.56 Å². The van der Waals surface area contributed by atoms with Crippen molar-refractivity contribution in [3.63, 3.8) is 0 Å². The maximum Gasteiger partial charge on any atom is 0.0761 e. The fourth-order valence-electron chi connectivity index (χ4n) is 1.13. The minimum atomic E-state index is -0.378. The third kappa shape index (κ3) is 2.32. The first-order chi connectivity index (χ1) is 5.74. The molecule has 0 aliphatic rings. The van der Waals surface area contributed by atoms with Gasteiger partial charge in [0, 0.05) is 0 Å². The largest absolute Gasteiger partial charge is 0.389 e. The summed E-state index contributed by atoms with van der Waals surface area (Å²) in [5.74, 6) is 0. The molecule has 1 atom stereocenters. The lowest BCUT2D eigenvalue weighted by Crippen LogP contribution is -2.02. The second kappa shape index (κ2) is 4.24. The minimum absolute atomic E-state index is 0.378. The van der Waals surface area contributed by atoms with Crippen LogP contribution in [-0.4, -0.2) is 11.7 Å². The molecule has 2 nitrogen and oxygen atoms in total. The highest BCUT2D eigenvalue weighted by Gasteiger charge is 1.98. The van der Waals surface area contributed by atoms with Gasteiger partial charge in [-0.05, 0) is 31.0 Å². The van der Waals surface area contributed by atoms with Gasteiger partial charge in [0.25, 0.3) is 0 Å². The third-order valence-electron chi connectivity index (χ3n) is 1.90. The van der Waals surface area contributed by atoms with Gasteiger partial charge in [-0.2, -0.15) is 0 Å². The Morgan fingerprint density at radius 1 is 1.33 bits per heavy atom. The molecule has 0 heterocycles. The van der Waals surface area contributed by atoms with Crippen LogP contribution < -0.4 is 5.73 Å². The summed E-state index contributed by atoms with van der Waals surface area (Å²) < 4.78 is 0. The zero-order valence-corrected chi connectivity index (χ0v) is 7.33. The van der Waals surface area contributed by atoms with Crippen LogP contribution in [0, 0.1) is 0 Å². The van der Waals surface area contributed by atoms with Gasteiger partial charge in [0.15, 0.2) is 0 Å². The molecule has 1 rings (SSSR count). The summed E-state index contributed by atoms with van der Waals surface area (Å²) in [6.45, 7) is 2.44. The molecule has 2 heteroatoms. The molecular formula is C10H15NO. The molecule has 0 saturated carbocycles. The number of nitrogens with two attached hydrogens (primary N) is 1. The summed E-state index contributed by atoms with van der Waals surface area (Å²) in [6, 6.07) is 7.90. The molecule has 0 spiro atoms.